The van der Waals surface area contributed by atoms with Crippen molar-refractivity contribution in [2.24, 2.45) is 16.8 Å². The molecule has 0 aliphatic carbocycles. The molecule has 1 aromatic carbocycles. The van der Waals surface area contributed by atoms with Crippen LogP contribution in [-0.2, 0) is 15.8 Å². The summed E-state index contributed by atoms with van der Waals surface area (Å²) in [5.41, 5.74) is 5.28. The van der Waals surface area contributed by atoms with Crippen molar-refractivity contribution in [1.82, 2.24) is 4.90 Å². The first-order valence-electron chi connectivity index (χ1n) is 8.34. The maximum absolute atomic E-state index is 12.7. The third-order valence-corrected chi connectivity index (χ3v) is 5.41. The molecule has 2 aliphatic rings. The molecule has 9 heteroatoms. The largest absolute Gasteiger partial charge is 0.416 e. The van der Waals surface area contributed by atoms with E-state index in [9.17, 15) is 18.0 Å². The first-order valence-corrected chi connectivity index (χ1v) is 9.13. The fourth-order valence-corrected chi connectivity index (χ4v) is 3.98. The van der Waals surface area contributed by atoms with Gasteiger partial charge in [-0.3, -0.25) is 9.69 Å². The maximum Gasteiger partial charge on any atom is 0.416 e. The molecule has 0 saturated carbocycles. The molecule has 2 heterocycles. The van der Waals surface area contributed by atoms with Crippen molar-refractivity contribution in [2.75, 3.05) is 13.1 Å². The monoisotopic (exact) mass is 433 g/mol. The minimum absolute atomic E-state index is 0.0321. The minimum Gasteiger partial charge on any atom is -0.391 e. The molecule has 2 aliphatic heterocycles. The molecule has 142 valence electrons. The van der Waals surface area contributed by atoms with E-state index in [4.69, 9.17) is 10.6 Å². The summed E-state index contributed by atoms with van der Waals surface area (Å²) in [7, 11) is 0. The lowest BCUT2D eigenvalue weighted by Gasteiger charge is -2.37. The summed E-state index contributed by atoms with van der Waals surface area (Å²) in [4.78, 5) is 19.3. The Hall–Kier alpha value is -1.61. The van der Waals surface area contributed by atoms with Crippen LogP contribution in [0.15, 0.2) is 29.4 Å². The number of nitrogens with zero attached hydrogens (tertiary/aromatic N) is 2. The molecule has 3 rings (SSSR count). The third-order valence-electron chi connectivity index (χ3n) is 4.95. The highest BCUT2D eigenvalue weighted by Gasteiger charge is 2.36. The van der Waals surface area contributed by atoms with Crippen LogP contribution in [0.5, 0.6) is 0 Å². The van der Waals surface area contributed by atoms with Gasteiger partial charge in [0.1, 0.15) is 16.8 Å². The topological polar surface area (TPSA) is 67.9 Å². The van der Waals surface area contributed by atoms with E-state index in [1.54, 1.807) is 0 Å². The zero-order valence-electron chi connectivity index (χ0n) is 13.9. The number of hydrogen-bond donors (Lipinski definition) is 1. The fourth-order valence-electron chi connectivity index (χ4n) is 3.58. The lowest BCUT2D eigenvalue weighted by molar-refractivity contribution is -0.137. The van der Waals surface area contributed by atoms with E-state index in [0.29, 0.717) is 24.6 Å². The SMILES string of the molecule is NC(=O)C(c1ccc(C(F)(F)F)cc1)N1CCC([C@@H]2CC(Br)=NO2)CC1. The Morgan fingerprint density at radius 3 is 2.35 bits per heavy atom. The number of rotatable bonds is 4. The van der Waals surface area contributed by atoms with E-state index >= 15 is 0 Å². The van der Waals surface area contributed by atoms with Crippen molar-refractivity contribution >= 4 is 26.5 Å². The molecule has 26 heavy (non-hydrogen) atoms. The molecule has 0 aromatic heterocycles. The average Bonchev–Trinajstić information content (AvgIpc) is 3.01. The van der Waals surface area contributed by atoms with Crippen LogP contribution in [-0.4, -0.2) is 34.6 Å². The molecule has 0 spiro atoms. The standard InChI is InChI=1S/C17H19BrF3N3O2/c18-14-9-13(26-23-14)10-5-7-24(8-6-10)15(16(22)25)11-1-3-12(4-2-11)17(19,20)21/h1-4,10,13,15H,5-9H2,(H2,22,25)/t13-,15?/m0/s1. The Morgan fingerprint density at radius 2 is 1.88 bits per heavy atom. The van der Waals surface area contributed by atoms with E-state index < -0.39 is 23.7 Å². The molecule has 1 saturated heterocycles. The van der Waals surface area contributed by atoms with Crippen molar-refractivity contribution in [1.29, 1.82) is 0 Å². The Labute approximate surface area is 157 Å². The number of carbonyl (C=O) groups excluding carboxylic acids is 1. The number of alkyl halides is 3. The van der Waals surface area contributed by atoms with E-state index in [2.05, 4.69) is 21.1 Å². The van der Waals surface area contributed by atoms with Crippen LogP contribution in [0, 0.1) is 5.92 Å². The lowest BCUT2D eigenvalue weighted by atomic mass is 9.88. The van der Waals surface area contributed by atoms with Gasteiger partial charge in [0.05, 0.1) is 5.56 Å². The quantitative estimate of drug-likeness (QED) is 0.790. The van der Waals surface area contributed by atoms with Gasteiger partial charge in [-0.2, -0.15) is 13.2 Å². The van der Waals surface area contributed by atoms with Crippen LogP contribution in [0.2, 0.25) is 0 Å². The molecular weight excluding hydrogens is 415 g/mol. The molecule has 0 radical (unpaired) electrons. The van der Waals surface area contributed by atoms with Gasteiger partial charge in [-0.15, -0.1) is 0 Å². The van der Waals surface area contributed by atoms with E-state index in [-0.39, 0.29) is 6.10 Å². The Morgan fingerprint density at radius 1 is 1.27 bits per heavy atom. The first kappa shape index (κ1) is 19.2. The minimum atomic E-state index is -4.41. The van der Waals surface area contributed by atoms with Gasteiger partial charge in [-0.25, -0.2) is 0 Å². The Kier molecular flexibility index (Phi) is 5.57. The lowest BCUT2D eigenvalue weighted by Crippen LogP contribution is -2.44. The summed E-state index contributed by atoms with van der Waals surface area (Å²) in [6, 6.07) is 3.90. The first-order chi connectivity index (χ1) is 12.3. The van der Waals surface area contributed by atoms with Crippen molar-refractivity contribution < 1.29 is 22.8 Å². The third kappa shape index (κ3) is 4.20. The summed E-state index contributed by atoms with van der Waals surface area (Å²) in [6.07, 6.45) is -2.01. The highest BCUT2D eigenvalue weighted by atomic mass is 79.9. The summed E-state index contributed by atoms with van der Waals surface area (Å²) < 4.78 is 39.0. The van der Waals surface area contributed by atoms with Crippen molar-refractivity contribution in [3.8, 4) is 0 Å². The van der Waals surface area contributed by atoms with Crippen LogP contribution < -0.4 is 5.73 Å². The summed E-state index contributed by atoms with van der Waals surface area (Å²) in [5.74, 6) is -0.238. The molecule has 1 amide bonds. The van der Waals surface area contributed by atoms with Gasteiger partial charge in [0, 0.05) is 12.3 Å². The molecule has 2 atom stereocenters. The highest BCUT2D eigenvalue weighted by molar-refractivity contribution is 9.18. The van der Waals surface area contributed by atoms with Crippen LogP contribution in [0.3, 0.4) is 0 Å². The zero-order chi connectivity index (χ0) is 18.9. The van der Waals surface area contributed by atoms with Gasteiger partial charge < -0.3 is 10.6 Å². The number of likely N-dealkylation sites (tertiary alicyclic amines) is 1. The second-order valence-corrected chi connectivity index (χ2v) is 7.53. The predicted molar refractivity (Wildman–Crippen MR) is 93.5 cm³/mol. The van der Waals surface area contributed by atoms with Crippen LogP contribution in [0.25, 0.3) is 0 Å². The predicted octanol–water partition coefficient (Wildman–Crippen LogP) is 3.44. The normalized spacial score (nSPS) is 23.4. The molecule has 5 nitrogen and oxygen atoms in total. The van der Waals surface area contributed by atoms with Gasteiger partial charge in [0.25, 0.3) is 0 Å². The van der Waals surface area contributed by atoms with Gasteiger partial charge in [0.15, 0.2) is 0 Å². The molecule has 0 bridgehead atoms. The second kappa shape index (κ2) is 7.56. The summed E-state index contributed by atoms with van der Waals surface area (Å²) in [6.45, 7) is 1.24. The van der Waals surface area contributed by atoms with Crippen molar-refractivity contribution in [3.63, 3.8) is 0 Å². The number of carbonyl (C=O) groups is 1. The van der Waals surface area contributed by atoms with Crippen LogP contribution >= 0.6 is 15.9 Å². The summed E-state index contributed by atoms with van der Waals surface area (Å²) in [5, 5.41) is 3.90. The second-order valence-electron chi connectivity index (χ2n) is 6.61. The van der Waals surface area contributed by atoms with E-state index in [1.807, 2.05) is 4.90 Å². The molecule has 1 unspecified atom stereocenters. The van der Waals surface area contributed by atoms with E-state index in [1.165, 1.54) is 12.1 Å². The number of benzene rings is 1. The average molecular weight is 434 g/mol. The Bertz CT molecular complexity index is 685. The van der Waals surface area contributed by atoms with Gasteiger partial charge in [0.2, 0.25) is 5.91 Å². The maximum atomic E-state index is 12.7. The van der Waals surface area contributed by atoms with Crippen molar-refractivity contribution in [2.45, 2.75) is 37.6 Å². The Balaban J connectivity index is 1.67. The summed E-state index contributed by atoms with van der Waals surface area (Å²) >= 11 is 3.32. The zero-order valence-corrected chi connectivity index (χ0v) is 15.5. The fraction of sp³-hybridized carbons (Fsp3) is 0.529. The number of primary amides is 1. The molecular formula is C17H19BrF3N3O2. The van der Waals surface area contributed by atoms with E-state index in [0.717, 1.165) is 36.0 Å². The number of piperidine rings is 1. The van der Waals surface area contributed by atoms with Crippen LogP contribution in [0.4, 0.5) is 13.2 Å². The van der Waals surface area contributed by atoms with Gasteiger partial charge in [-0.1, -0.05) is 17.3 Å². The number of hydrogen-bond acceptors (Lipinski definition) is 4. The molecule has 1 fully saturated rings. The van der Waals surface area contributed by atoms with Crippen molar-refractivity contribution in [3.05, 3.63) is 35.4 Å². The number of amides is 1. The number of halogens is 4. The molecule has 1 aromatic rings. The molecule has 2 N–H and O–H groups in total. The van der Waals surface area contributed by atoms with Gasteiger partial charge >= 0.3 is 6.18 Å². The number of nitrogens with two attached hydrogens (primary N) is 1. The van der Waals surface area contributed by atoms with Crippen LogP contribution in [0.1, 0.15) is 36.4 Å². The highest BCUT2D eigenvalue weighted by Crippen LogP contribution is 2.34. The smallest absolute Gasteiger partial charge is 0.391 e. The van der Waals surface area contributed by atoms with Gasteiger partial charge in [-0.05, 0) is 59.6 Å². The number of oxime groups is 1.